The van der Waals surface area contributed by atoms with Crippen LogP contribution in [0.25, 0.3) is 0 Å². The number of carboxylic acid groups (broad SMARTS) is 1. The highest BCUT2D eigenvalue weighted by molar-refractivity contribution is 7.91. The Balaban J connectivity index is 1.74. The molecule has 21 heavy (non-hydrogen) atoms. The monoisotopic (exact) mass is 319 g/mol. The van der Waals surface area contributed by atoms with Gasteiger partial charge in [-0.2, -0.15) is 0 Å². The molecule has 2 aliphatic rings. The average Bonchev–Trinajstić information content (AvgIpc) is 2.41. The first kappa shape index (κ1) is 16.0. The number of rotatable bonds is 3. The first-order chi connectivity index (χ1) is 9.85. The number of nitrogens with zero attached hydrogens (tertiary/aromatic N) is 2. The molecule has 120 valence electrons. The lowest BCUT2D eigenvalue weighted by Gasteiger charge is -2.35. The van der Waals surface area contributed by atoms with Crippen LogP contribution in [-0.4, -0.2) is 85.6 Å². The predicted octanol–water partition coefficient (Wildman–Crippen LogP) is -1.02. The lowest BCUT2D eigenvalue weighted by atomic mass is 10.1. The van der Waals surface area contributed by atoms with Crippen molar-refractivity contribution in [3.8, 4) is 0 Å². The van der Waals surface area contributed by atoms with Gasteiger partial charge in [0.25, 0.3) is 0 Å². The largest absolute Gasteiger partial charge is 0.480 e. The van der Waals surface area contributed by atoms with Crippen LogP contribution in [0, 0.1) is 0 Å². The van der Waals surface area contributed by atoms with Crippen molar-refractivity contribution in [3.63, 3.8) is 0 Å². The third-order valence-electron chi connectivity index (χ3n) is 3.90. The molecule has 0 aromatic rings. The minimum Gasteiger partial charge on any atom is -0.480 e. The molecule has 0 spiro atoms. The molecule has 0 atom stereocenters. The Bertz CT molecular complexity index is 485. The summed E-state index contributed by atoms with van der Waals surface area (Å²) >= 11 is 0. The molecule has 2 aliphatic heterocycles. The molecule has 9 heteroatoms. The molecule has 2 fully saturated rings. The maximum absolute atomic E-state index is 12.1. The summed E-state index contributed by atoms with van der Waals surface area (Å²) < 4.78 is 22.7. The van der Waals surface area contributed by atoms with E-state index >= 15 is 0 Å². The summed E-state index contributed by atoms with van der Waals surface area (Å²) in [7, 11) is -2.92. The molecule has 0 aromatic heterocycles. The van der Waals surface area contributed by atoms with Gasteiger partial charge >= 0.3 is 12.0 Å². The third kappa shape index (κ3) is 4.85. The van der Waals surface area contributed by atoms with Gasteiger partial charge in [0.05, 0.1) is 18.1 Å². The number of carbonyl (C=O) groups excluding carboxylic acids is 1. The number of carboxylic acids is 1. The number of piperazine rings is 1. The van der Waals surface area contributed by atoms with E-state index in [2.05, 4.69) is 5.32 Å². The minimum absolute atomic E-state index is 0.00402. The Hall–Kier alpha value is -1.35. The van der Waals surface area contributed by atoms with Crippen LogP contribution in [0.1, 0.15) is 12.8 Å². The number of aliphatic carboxylic acids is 1. The van der Waals surface area contributed by atoms with Crippen molar-refractivity contribution < 1.29 is 23.1 Å². The second-order valence-corrected chi connectivity index (χ2v) is 7.84. The fourth-order valence-electron chi connectivity index (χ4n) is 2.60. The molecule has 0 unspecified atom stereocenters. The fourth-order valence-corrected chi connectivity index (χ4v) is 4.09. The average molecular weight is 319 g/mol. The molecule has 0 bridgehead atoms. The zero-order valence-electron chi connectivity index (χ0n) is 11.8. The van der Waals surface area contributed by atoms with Gasteiger partial charge < -0.3 is 15.3 Å². The van der Waals surface area contributed by atoms with Crippen molar-refractivity contribution >= 4 is 21.8 Å². The molecule has 2 rings (SSSR count). The van der Waals surface area contributed by atoms with Gasteiger partial charge in [0.2, 0.25) is 0 Å². The standard InChI is InChI=1S/C12H21N3O5S/c16-11(17)9-14-3-5-15(6-4-14)12(18)13-10-1-7-21(19,20)8-2-10/h10H,1-9H2,(H,13,18)(H,16,17). The molecule has 0 saturated carbocycles. The maximum Gasteiger partial charge on any atom is 0.317 e. The molecule has 0 aromatic carbocycles. The second-order valence-electron chi connectivity index (χ2n) is 5.53. The minimum atomic E-state index is -2.92. The molecule has 0 aliphatic carbocycles. The van der Waals surface area contributed by atoms with Crippen LogP contribution in [0.15, 0.2) is 0 Å². The van der Waals surface area contributed by atoms with Crippen LogP contribution < -0.4 is 5.32 Å². The smallest absolute Gasteiger partial charge is 0.317 e. The topological polar surface area (TPSA) is 107 Å². The van der Waals surface area contributed by atoms with Crippen molar-refractivity contribution in [1.29, 1.82) is 0 Å². The van der Waals surface area contributed by atoms with Gasteiger partial charge in [0.15, 0.2) is 0 Å². The Kier molecular flexibility index (Phi) is 5.04. The van der Waals surface area contributed by atoms with Gasteiger partial charge in [-0.3, -0.25) is 9.69 Å². The molecule has 2 saturated heterocycles. The summed E-state index contributed by atoms with van der Waals surface area (Å²) in [6, 6.07) is -0.271. The number of hydrogen-bond acceptors (Lipinski definition) is 5. The van der Waals surface area contributed by atoms with Gasteiger partial charge in [-0.15, -0.1) is 0 Å². The molecule has 0 radical (unpaired) electrons. The predicted molar refractivity (Wildman–Crippen MR) is 75.9 cm³/mol. The Morgan fingerprint density at radius 2 is 1.67 bits per heavy atom. The number of amides is 2. The van der Waals surface area contributed by atoms with Crippen LogP contribution in [0.2, 0.25) is 0 Å². The van der Waals surface area contributed by atoms with Crippen LogP contribution >= 0.6 is 0 Å². The van der Waals surface area contributed by atoms with Crippen molar-refractivity contribution in [2.24, 2.45) is 0 Å². The van der Waals surface area contributed by atoms with Gasteiger partial charge in [0.1, 0.15) is 9.84 Å². The van der Waals surface area contributed by atoms with Gasteiger partial charge in [-0.1, -0.05) is 0 Å². The summed E-state index contributed by atoms with van der Waals surface area (Å²) in [6.45, 7) is 2.06. The third-order valence-corrected chi connectivity index (χ3v) is 5.62. The van der Waals surface area contributed by atoms with E-state index in [1.165, 1.54) is 0 Å². The van der Waals surface area contributed by atoms with Crippen molar-refractivity contribution in [1.82, 2.24) is 15.1 Å². The molecule has 8 nitrogen and oxygen atoms in total. The quantitative estimate of drug-likeness (QED) is 0.689. The van der Waals surface area contributed by atoms with Crippen LogP contribution in [-0.2, 0) is 14.6 Å². The zero-order valence-corrected chi connectivity index (χ0v) is 12.6. The van der Waals surface area contributed by atoms with E-state index in [1.54, 1.807) is 9.80 Å². The maximum atomic E-state index is 12.1. The van der Waals surface area contributed by atoms with E-state index in [0.717, 1.165) is 0 Å². The number of hydrogen-bond donors (Lipinski definition) is 2. The van der Waals surface area contributed by atoms with E-state index in [0.29, 0.717) is 39.0 Å². The van der Waals surface area contributed by atoms with Crippen molar-refractivity contribution in [2.75, 3.05) is 44.2 Å². The summed E-state index contributed by atoms with van der Waals surface area (Å²) in [5, 5.41) is 11.6. The SMILES string of the molecule is O=C(O)CN1CCN(C(=O)NC2CCS(=O)(=O)CC2)CC1. The highest BCUT2D eigenvalue weighted by atomic mass is 32.2. The number of carbonyl (C=O) groups is 2. The van der Waals surface area contributed by atoms with E-state index < -0.39 is 15.8 Å². The van der Waals surface area contributed by atoms with Crippen LogP contribution in [0.4, 0.5) is 4.79 Å². The number of nitrogens with one attached hydrogen (secondary N) is 1. The Morgan fingerprint density at radius 3 is 2.19 bits per heavy atom. The number of urea groups is 1. The lowest BCUT2D eigenvalue weighted by Crippen LogP contribution is -2.54. The van der Waals surface area contributed by atoms with E-state index in [-0.39, 0.29) is 30.1 Å². The lowest BCUT2D eigenvalue weighted by molar-refractivity contribution is -0.138. The summed E-state index contributed by atoms with van der Waals surface area (Å²) in [4.78, 5) is 26.1. The van der Waals surface area contributed by atoms with E-state index in [1.807, 2.05) is 0 Å². The van der Waals surface area contributed by atoms with E-state index in [9.17, 15) is 18.0 Å². The van der Waals surface area contributed by atoms with Gasteiger partial charge in [-0.05, 0) is 12.8 Å². The van der Waals surface area contributed by atoms with Crippen LogP contribution in [0.3, 0.4) is 0 Å². The first-order valence-corrected chi connectivity index (χ1v) is 8.88. The summed E-state index contributed by atoms with van der Waals surface area (Å²) in [6.07, 6.45) is 0.931. The van der Waals surface area contributed by atoms with E-state index in [4.69, 9.17) is 5.11 Å². The highest BCUT2D eigenvalue weighted by Crippen LogP contribution is 2.13. The Labute approximate surface area is 124 Å². The zero-order chi connectivity index (χ0) is 15.5. The van der Waals surface area contributed by atoms with Crippen molar-refractivity contribution in [3.05, 3.63) is 0 Å². The summed E-state index contributed by atoms with van der Waals surface area (Å²) in [5.74, 6) is -0.606. The van der Waals surface area contributed by atoms with Gasteiger partial charge in [-0.25, -0.2) is 13.2 Å². The fraction of sp³-hybridized carbons (Fsp3) is 0.833. The van der Waals surface area contributed by atoms with Gasteiger partial charge in [0, 0.05) is 32.2 Å². The van der Waals surface area contributed by atoms with Crippen molar-refractivity contribution in [2.45, 2.75) is 18.9 Å². The summed E-state index contributed by atoms with van der Waals surface area (Å²) in [5.41, 5.74) is 0. The molecule has 2 amide bonds. The normalized spacial score (nSPS) is 23.7. The Morgan fingerprint density at radius 1 is 1.10 bits per heavy atom. The molecular weight excluding hydrogens is 298 g/mol. The first-order valence-electron chi connectivity index (χ1n) is 7.06. The molecular formula is C12H21N3O5S. The molecule has 2 heterocycles. The molecule has 2 N–H and O–H groups in total. The second kappa shape index (κ2) is 6.61. The van der Waals surface area contributed by atoms with Crippen LogP contribution in [0.5, 0.6) is 0 Å². The highest BCUT2D eigenvalue weighted by Gasteiger charge is 2.27. The number of sulfone groups is 1.